The highest BCUT2D eigenvalue weighted by Gasteiger charge is 2.26. The molecule has 0 atom stereocenters. The number of ether oxygens (including phenoxy) is 1. The number of hydrogen-bond donors (Lipinski definition) is 2. The monoisotopic (exact) mass is 408 g/mol. The quantitative estimate of drug-likeness (QED) is 0.668. The van der Waals surface area contributed by atoms with Crippen LogP contribution in [-0.2, 0) is 26.1 Å². The molecule has 11 heteroatoms. The number of carbonyl (C=O) groups is 1. The molecule has 0 bridgehead atoms. The molecule has 0 aliphatic carbocycles. The van der Waals surface area contributed by atoms with Gasteiger partial charge in [0, 0.05) is 44.0 Å². The van der Waals surface area contributed by atoms with E-state index >= 15 is 0 Å². The Kier molecular flexibility index (Phi) is 6.07. The highest BCUT2D eigenvalue weighted by atomic mass is 32.2. The number of sulfonamides is 1. The molecule has 1 aliphatic rings. The molecule has 28 heavy (non-hydrogen) atoms. The lowest BCUT2D eigenvalue weighted by atomic mass is 10.3. The van der Waals surface area contributed by atoms with E-state index in [1.54, 1.807) is 0 Å². The van der Waals surface area contributed by atoms with Crippen molar-refractivity contribution in [3.63, 3.8) is 0 Å². The summed E-state index contributed by atoms with van der Waals surface area (Å²) >= 11 is 0. The molecule has 150 valence electrons. The molecule has 1 amide bonds. The predicted molar refractivity (Wildman–Crippen MR) is 101 cm³/mol. The summed E-state index contributed by atoms with van der Waals surface area (Å²) in [6.07, 6.45) is 1.33. The maximum Gasteiger partial charge on any atom is 0.328 e. The van der Waals surface area contributed by atoms with E-state index < -0.39 is 21.3 Å². The van der Waals surface area contributed by atoms with Crippen molar-refractivity contribution in [2.24, 2.45) is 0 Å². The van der Waals surface area contributed by atoms with E-state index in [1.165, 1.54) is 45.4 Å². The molecule has 2 N–H and O–H groups in total. The molecule has 2 aromatic rings. The Bertz CT molecular complexity index is 1050. The third-order valence-corrected chi connectivity index (χ3v) is 6.14. The summed E-state index contributed by atoms with van der Waals surface area (Å²) in [5, 5.41) is 2.65. The Morgan fingerprint density at radius 1 is 1.11 bits per heavy atom. The van der Waals surface area contributed by atoms with Crippen LogP contribution in [-0.4, -0.2) is 54.5 Å². The molecule has 1 fully saturated rings. The summed E-state index contributed by atoms with van der Waals surface area (Å²) < 4.78 is 32.9. The largest absolute Gasteiger partial charge is 0.379 e. The molecule has 10 nitrogen and oxygen atoms in total. The summed E-state index contributed by atoms with van der Waals surface area (Å²) in [6.45, 7) is 1.46. The van der Waals surface area contributed by atoms with Gasteiger partial charge in [0.15, 0.2) is 0 Å². The zero-order valence-electron chi connectivity index (χ0n) is 15.0. The molecule has 0 spiro atoms. The van der Waals surface area contributed by atoms with Gasteiger partial charge in [0.05, 0.1) is 18.1 Å². The molecule has 1 aliphatic heterocycles. The molecule has 0 saturated carbocycles. The summed E-state index contributed by atoms with van der Waals surface area (Å²) in [6, 6.07) is 7.10. The maximum atomic E-state index is 12.6. The Morgan fingerprint density at radius 2 is 1.79 bits per heavy atom. The van der Waals surface area contributed by atoms with Crippen LogP contribution in [0, 0.1) is 0 Å². The van der Waals surface area contributed by atoms with Crippen molar-refractivity contribution < 1.29 is 17.9 Å². The first-order valence-corrected chi connectivity index (χ1v) is 10.1. The number of aromatic nitrogens is 2. The van der Waals surface area contributed by atoms with Crippen molar-refractivity contribution >= 4 is 21.6 Å². The molecular formula is C17H20N4O6S. The average molecular weight is 408 g/mol. The van der Waals surface area contributed by atoms with Crippen LogP contribution in [0.2, 0.25) is 0 Å². The molecule has 2 heterocycles. The fourth-order valence-electron chi connectivity index (χ4n) is 2.71. The van der Waals surface area contributed by atoms with Crippen LogP contribution in [0.25, 0.3) is 0 Å². The third kappa shape index (κ3) is 4.74. The molecule has 3 rings (SSSR count). The van der Waals surface area contributed by atoms with Crippen LogP contribution in [0.5, 0.6) is 0 Å². The number of aromatic amines is 1. The van der Waals surface area contributed by atoms with Crippen LogP contribution in [0.1, 0.15) is 6.42 Å². The molecule has 1 aromatic carbocycles. The molecule has 0 unspecified atom stereocenters. The lowest BCUT2D eigenvalue weighted by Gasteiger charge is -2.26. The standard InChI is InChI=1S/C17H20N4O6S/c22-15(5-7-20-8-6-16(23)19-17(20)24)18-13-1-3-14(4-2-13)28(25,26)21-9-11-27-12-10-21/h1-4,6,8H,5,7,9-12H2,(H,18,22)(H,19,23,24). The number of nitrogens with zero attached hydrogens (tertiary/aromatic N) is 2. The van der Waals surface area contributed by atoms with Gasteiger partial charge in [-0.2, -0.15) is 4.31 Å². The van der Waals surface area contributed by atoms with Gasteiger partial charge in [0.2, 0.25) is 15.9 Å². The minimum Gasteiger partial charge on any atom is -0.379 e. The Balaban J connectivity index is 1.59. The van der Waals surface area contributed by atoms with Crippen molar-refractivity contribution in [2.75, 3.05) is 31.6 Å². The van der Waals surface area contributed by atoms with Gasteiger partial charge >= 0.3 is 5.69 Å². The average Bonchev–Trinajstić information content (AvgIpc) is 2.68. The van der Waals surface area contributed by atoms with Gasteiger partial charge in [-0.1, -0.05) is 0 Å². The molecule has 1 saturated heterocycles. The van der Waals surface area contributed by atoms with E-state index in [1.807, 2.05) is 0 Å². The predicted octanol–water partition coefficient (Wildman–Crippen LogP) is -0.414. The van der Waals surface area contributed by atoms with E-state index in [0.717, 1.165) is 0 Å². The number of amides is 1. The zero-order valence-corrected chi connectivity index (χ0v) is 15.8. The number of carbonyl (C=O) groups excluding carboxylic acids is 1. The number of rotatable bonds is 6. The van der Waals surface area contributed by atoms with Crippen LogP contribution in [0.4, 0.5) is 5.69 Å². The number of anilines is 1. The summed E-state index contributed by atoms with van der Waals surface area (Å²) in [5.74, 6) is -0.345. The summed E-state index contributed by atoms with van der Waals surface area (Å²) in [5.41, 5.74) is -0.643. The van der Waals surface area contributed by atoms with Crippen molar-refractivity contribution in [1.82, 2.24) is 13.9 Å². The topological polar surface area (TPSA) is 131 Å². The number of morpholine rings is 1. The second kappa shape index (κ2) is 8.50. The van der Waals surface area contributed by atoms with Gasteiger partial charge in [-0.05, 0) is 24.3 Å². The van der Waals surface area contributed by atoms with E-state index in [-0.39, 0.29) is 23.8 Å². The maximum absolute atomic E-state index is 12.6. The van der Waals surface area contributed by atoms with Gasteiger partial charge < -0.3 is 14.6 Å². The van der Waals surface area contributed by atoms with Gasteiger partial charge in [-0.15, -0.1) is 0 Å². The van der Waals surface area contributed by atoms with Crippen molar-refractivity contribution in [3.8, 4) is 0 Å². The third-order valence-electron chi connectivity index (χ3n) is 4.22. The number of nitrogens with one attached hydrogen (secondary N) is 2. The number of benzene rings is 1. The highest BCUT2D eigenvalue weighted by molar-refractivity contribution is 7.89. The van der Waals surface area contributed by atoms with E-state index in [0.29, 0.717) is 32.0 Å². The number of hydrogen-bond acceptors (Lipinski definition) is 6. The minimum atomic E-state index is -3.59. The second-order valence-electron chi connectivity index (χ2n) is 6.14. The Hall–Kier alpha value is -2.76. The van der Waals surface area contributed by atoms with Gasteiger partial charge in [0.1, 0.15) is 0 Å². The Labute approximate surface area is 160 Å². The summed E-state index contributed by atoms with van der Waals surface area (Å²) in [4.78, 5) is 36.9. The zero-order chi connectivity index (χ0) is 20.1. The normalized spacial score (nSPS) is 15.3. The number of H-pyrrole nitrogens is 1. The van der Waals surface area contributed by atoms with Gasteiger partial charge in [-0.3, -0.25) is 14.6 Å². The fraction of sp³-hybridized carbons (Fsp3) is 0.353. The van der Waals surface area contributed by atoms with Crippen LogP contribution >= 0.6 is 0 Å². The second-order valence-corrected chi connectivity index (χ2v) is 8.08. The van der Waals surface area contributed by atoms with Crippen molar-refractivity contribution in [1.29, 1.82) is 0 Å². The Morgan fingerprint density at radius 3 is 2.43 bits per heavy atom. The minimum absolute atomic E-state index is 0.0137. The van der Waals surface area contributed by atoms with E-state index in [2.05, 4.69) is 10.3 Å². The van der Waals surface area contributed by atoms with Crippen LogP contribution < -0.4 is 16.6 Å². The lowest BCUT2D eigenvalue weighted by Crippen LogP contribution is -2.40. The molecule has 0 radical (unpaired) electrons. The van der Waals surface area contributed by atoms with E-state index in [9.17, 15) is 22.8 Å². The first-order valence-electron chi connectivity index (χ1n) is 8.64. The number of aryl methyl sites for hydroxylation is 1. The first-order chi connectivity index (χ1) is 13.4. The fourth-order valence-corrected chi connectivity index (χ4v) is 4.12. The van der Waals surface area contributed by atoms with E-state index in [4.69, 9.17) is 4.74 Å². The van der Waals surface area contributed by atoms with Crippen LogP contribution in [0.15, 0.2) is 51.0 Å². The molecule has 1 aromatic heterocycles. The van der Waals surface area contributed by atoms with Crippen molar-refractivity contribution in [3.05, 3.63) is 57.4 Å². The van der Waals surface area contributed by atoms with Crippen molar-refractivity contribution in [2.45, 2.75) is 17.9 Å². The highest BCUT2D eigenvalue weighted by Crippen LogP contribution is 2.19. The van der Waals surface area contributed by atoms with Gasteiger partial charge in [-0.25, -0.2) is 13.2 Å². The first kappa shape index (κ1) is 20.0. The SMILES string of the molecule is O=C(CCn1ccc(=O)[nH]c1=O)Nc1ccc(S(=O)(=O)N2CCOCC2)cc1. The van der Waals surface area contributed by atoms with Crippen LogP contribution in [0.3, 0.4) is 0 Å². The summed E-state index contributed by atoms with van der Waals surface area (Å²) in [7, 11) is -3.59. The smallest absolute Gasteiger partial charge is 0.328 e. The molecular weight excluding hydrogens is 388 g/mol. The van der Waals surface area contributed by atoms with Gasteiger partial charge in [0.25, 0.3) is 5.56 Å². The lowest BCUT2D eigenvalue weighted by molar-refractivity contribution is -0.116.